The molecule has 1 heterocycles. The van der Waals surface area contributed by atoms with Crippen LogP contribution in [0.3, 0.4) is 0 Å². The molecule has 1 N–H and O–H groups in total. The second-order valence-electron chi connectivity index (χ2n) is 4.73. The van der Waals surface area contributed by atoms with Crippen LogP contribution in [0.5, 0.6) is 0 Å². The van der Waals surface area contributed by atoms with E-state index in [9.17, 15) is 4.79 Å². The van der Waals surface area contributed by atoms with Crippen LogP contribution in [0.25, 0.3) is 0 Å². The lowest BCUT2D eigenvalue weighted by atomic mass is 10.1. The molecule has 2 rings (SSSR count). The quantitative estimate of drug-likeness (QED) is 0.898. The summed E-state index contributed by atoms with van der Waals surface area (Å²) < 4.78 is 0. The zero-order chi connectivity index (χ0) is 13.1. The van der Waals surface area contributed by atoms with Crippen LogP contribution in [0, 0.1) is 0 Å². The van der Waals surface area contributed by atoms with Crippen molar-refractivity contribution in [3.05, 3.63) is 28.8 Å². The molecular formula is C13H18ClN3O. The number of likely N-dealkylation sites (N-methyl/N-ethyl adjacent to an activating group) is 1. The number of carbonyl (C=O) groups excluding carboxylic acids is 1. The van der Waals surface area contributed by atoms with Gasteiger partial charge in [-0.25, -0.2) is 0 Å². The van der Waals surface area contributed by atoms with Crippen molar-refractivity contribution in [1.29, 1.82) is 0 Å². The number of halogens is 1. The highest BCUT2D eigenvalue weighted by Crippen LogP contribution is 2.26. The second kappa shape index (κ2) is 5.69. The molecule has 1 aromatic carbocycles. The fourth-order valence-corrected chi connectivity index (χ4v) is 2.23. The topological polar surface area (TPSA) is 35.6 Å². The molecule has 1 aliphatic rings. The predicted molar refractivity (Wildman–Crippen MR) is 74.1 cm³/mol. The maximum absolute atomic E-state index is 12.1. The summed E-state index contributed by atoms with van der Waals surface area (Å²) in [6.07, 6.45) is 0. The van der Waals surface area contributed by atoms with Crippen molar-refractivity contribution in [2.24, 2.45) is 0 Å². The van der Waals surface area contributed by atoms with Crippen LogP contribution in [0.4, 0.5) is 5.69 Å². The first-order chi connectivity index (χ1) is 8.58. The number of nitrogens with zero attached hydrogens (tertiary/aromatic N) is 2. The van der Waals surface area contributed by atoms with Crippen molar-refractivity contribution in [2.45, 2.75) is 6.54 Å². The van der Waals surface area contributed by atoms with Crippen molar-refractivity contribution in [1.82, 2.24) is 10.2 Å². The summed E-state index contributed by atoms with van der Waals surface area (Å²) in [4.78, 5) is 16.0. The molecule has 0 aromatic heterocycles. The van der Waals surface area contributed by atoms with Gasteiger partial charge in [-0.3, -0.25) is 4.79 Å². The van der Waals surface area contributed by atoms with Crippen LogP contribution in [0.15, 0.2) is 18.2 Å². The van der Waals surface area contributed by atoms with Crippen LogP contribution < -0.4 is 10.2 Å². The molecule has 0 atom stereocenters. The average molecular weight is 268 g/mol. The van der Waals surface area contributed by atoms with E-state index in [0.29, 0.717) is 24.7 Å². The molecule has 98 valence electrons. The third kappa shape index (κ3) is 3.02. The van der Waals surface area contributed by atoms with Crippen molar-refractivity contribution in [3.8, 4) is 0 Å². The maximum Gasteiger partial charge on any atom is 0.240 e. The minimum atomic E-state index is 0.109. The molecule has 5 heteroatoms. The average Bonchev–Trinajstić information content (AvgIpc) is 2.45. The Hall–Kier alpha value is -1.10. The number of hydrogen-bond donors (Lipinski definition) is 1. The molecule has 4 nitrogen and oxygen atoms in total. The van der Waals surface area contributed by atoms with Gasteiger partial charge in [0.2, 0.25) is 5.91 Å². The number of hydrogen-bond acceptors (Lipinski definition) is 3. The molecule has 18 heavy (non-hydrogen) atoms. The van der Waals surface area contributed by atoms with E-state index in [-0.39, 0.29) is 5.91 Å². The van der Waals surface area contributed by atoms with Gasteiger partial charge in [-0.1, -0.05) is 11.6 Å². The SMILES string of the molecule is CN(C)CCN1C(=O)CNCc2cc(Cl)ccc21. The smallest absolute Gasteiger partial charge is 0.240 e. The highest BCUT2D eigenvalue weighted by atomic mass is 35.5. The van der Waals surface area contributed by atoms with Gasteiger partial charge < -0.3 is 15.1 Å². The third-order valence-electron chi connectivity index (χ3n) is 3.00. The van der Waals surface area contributed by atoms with E-state index in [1.54, 1.807) is 0 Å². The highest BCUT2D eigenvalue weighted by molar-refractivity contribution is 6.30. The molecular weight excluding hydrogens is 250 g/mol. The number of fused-ring (bicyclic) bond motifs is 1. The van der Waals surface area contributed by atoms with Crippen LogP contribution >= 0.6 is 11.6 Å². The summed E-state index contributed by atoms with van der Waals surface area (Å²) in [5.41, 5.74) is 2.04. The molecule has 0 radical (unpaired) electrons. The fraction of sp³-hybridized carbons (Fsp3) is 0.462. The van der Waals surface area contributed by atoms with Crippen molar-refractivity contribution >= 4 is 23.2 Å². The van der Waals surface area contributed by atoms with E-state index in [2.05, 4.69) is 10.2 Å². The van der Waals surface area contributed by atoms with Gasteiger partial charge in [-0.05, 0) is 37.9 Å². The third-order valence-corrected chi connectivity index (χ3v) is 3.23. The molecule has 0 saturated carbocycles. The summed E-state index contributed by atoms with van der Waals surface area (Å²) >= 11 is 6.00. The van der Waals surface area contributed by atoms with E-state index in [0.717, 1.165) is 17.8 Å². The Kier molecular flexibility index (Phi) is 4.22. The first-order valence-electron chi connectivity index (χ1n) is 6.02. The van der Waals surface area contributed by atoms with Crippen molar-refractivity contribution in [3.63, 3.8) is 0 Å². The molecule has 0 bridgehead atoms. The van der Waals surface area contributed by atoms with Gasteiger partial charge in [0.05, 0.1) is 6.54 Å². The summed E-state index contributed by atoms with van der Waals surface area (Å²) in [6, 6.07) is 5.69. The van der Waals surface area contributed by atoms with E-state index >= 15 is 0 Å². The van der Waals surface area contributed by atoms with Gasteiger partial charge in [-0.2, -0.15) is 0 Å². The molecule has 0 spiro atoms. The van der Waals surface area contributed by atoms with Gasteiger partial charge in [0.25, 0.3) is 0 Å². The summed E-state index contributed by atoms with van der Waals surface area (Å²) in [5, 5.41) is 3.84. The molecule has 0 aliphatic carbocycles. The Morgan fingerprint density at radius 2 is 2.17 bits per heavy atom. The molecule has 0 unspecified atom stereocenters. The number of benzene rings is 1. The van der Waals surface area contributed by atoms with Gasteiger partial charge in [0, 0.05) is 30.3 Å². The highest BCUT2D eigenvalue weighted by Gasteiger charge is 2.21. The largest absolute Gasteiger partial charge is 0.310 e. The van der Waals surface area contributed by atoms with E-state index in [1.165, 1.54) is 0 Å². The monoisotopic (exact) mass is 267 g/mol. The van der Waals surface area contributed by atoms with Crippen molar-refractivity contribution in [2.75, 3.05) is 38.6 Å². The summed E-state index contributed by atoms with van der Waals surface area (Å²) in [7, 11) is 4.01. The Balaban J connectivity index is 2.28. The summed E-state index contributed by atoms with van der Waals surface area (Å²) in [5.74, 6) is 0.109. The minimum absolute atomic E-state index is 0.109. The molecule has 1 amide bonds. The Labute approximate surface area is 113 Å². The predicted octanol–water partition coefficient (Wildman–Crippen LogP) is 1.34. The van der Waals surface area contributed by atoms with Crippen LogP contribution in [0.2, 0.25) is 5.02 Å². The maximum atomic E-state index is 12.1. The van der Waals surface area contributed by atoms with Crippen LogP contribution in [-0.2, 0) is 11.3 Å². The van der Waals surface area contributed by atoms with Gasteiger partial charge in [-0.15, -0.1) is 0 Å². The standard InChI is InChI=1S/C13H18ClN3O/c1-16(2)5-6-17-12-4-3-11(14)7-10(12)8-15-9-13(17)18/h3-4,7,15H,5-6,8-9H2,1-2H3. The van der Waals surface area contributed by atoms with Gasteiger partial charge in [0.1, 0.15) is 0 Å². The lowest BCUT2D eigenvalue weighted by Crippen LogP contribution is -2.39. The number of amides is 1. The van der Waals surface area contributed by atoms with E-state index in [4.69, 9.17) is 11.6 Å². The van der Waals surface area contributed by atoms with Crippen LogP contribution in [0.1, 0.15) is 5.56 Å². The first-order valence-corrected chi connectivity index (χ1v) is 6.40. The molecule has 0 fully saturated rings. The van der Waals surface area contributed by atoms with E-state index < -0.39 is 0 Å². The zero-order valence-corrected chi connectivity index (χ0v) is 11.5. The number of rotatable bonds is 3. The van der Waals surface area contributed by atoms with Gasteiger partial charge >= 0.3 is 0 Å². The lowest BCUT2D eigenvalue weighted by Gasteiger charge is -2.24. The fourth-order valence-electron chi connectivity index (χ4n) is 2.04. The van der Waals surface area contributed by atoms with Crippen LogP contribution in [-0.4, -0.2) is 44.5 Å². The molecule has 1 aliphatic heterocycles. The molecule has 0 saturated heterocycles. The minimum Gasteiger partial charge on any atom is -0.310 e. The lowest BCUT2D eigenvalue weighted by molar-refractivity contribution is -0.117. The summed E-state index contributed by atoms with van der Waals surface area (Å²) in [6.45, 7) is 2.59. The molecule has 1 aromatic rings. The zero-order valence-electron chi connectivity index (χ0n) is 10.7. The number of anilines is 1. The first kappa shape index (κ1) is 13.3. The Morgan fingerprint density at radius 3 is 2.89 bits per heavy atom. The number of nitrogens with one attached hydrogen (secondary N) is 1. The van der Waals surface area contributed by atoms with Gasteiger partial charge in [0.15, 0.2) is 0 Å². The number of carbonyl (C=O) groups is 1. The normalized spacial score (nSPS) is 15.8. The Morgan fingerprint density at radius 1 is 1.39 bits per heavy atom. The van der Waals surface area contributed by atoms with E-state index in [1.807, 2.05) is 37.2 Å². The van der Waals surface area contributed by atoms with Crippen molar-refractivity contribution < 1.29 is 4.79 Å². The Bertz CT molecular complexity index is 448. The second-order valence-corrected chi connectivity index (χ2v) is 5.16.